The number of carbonyl (C=O) groups is 1. The first-order chi connectivity index (χ1) is 10.5. The van der Waals surface area contributed by atoms with Crippen LogP contribution < -0.4 is 14.8 Å². The number of amides is 1. The number of rotatable bonds is 5. The molecular formula is C16H15Cl2NO3. The van der Waals surface area contributed by atoms with E-state index < -0.39 is 0 Å². The fraction of sp³-hybridized carbons (Fsp3) is 0.188. The van der Waals surface area contributed by atoms with Gasteiger partial charge in [0.05, 0.1) is 23.8 Å². The maximum Gasteiger partial charge on any atom is 0.255 e. The topological polar surface area (TPSA) is 47.6 Å². The molecule has 2 aromatic rings. The van der Waals surface area contributed by atoms with Crippen molar-refractivity contribution in [3.8, 4) is 11.5 Å². The lowest BCUT2D eigenvalue weighted by Gasteiger charge is -2.10. The van der Waals surface area contributed by atoms with Crippen LogP contribution in [-0.2, 0) is 0 Å². The predicted octanol–water partition coefficient (Wildman–Crippen LogP) is 4.65. The van der Waals surface area contributed by atoms with E-state index in [2.05, 4.69) is 5.32 Å². The summed E-state index contributed by atoms with van der Waals surface area (Å²) in [6, 6.07) is 9.89. The third kappa shape index (κ3) is 3.84. The van der Waals surface area contributed by atoms with Gasteiger partial charge in [-0.3, -0.25) is 4.79 Å². The van der Waals surface area contributed by atoms with Crippen LogP contribution in [0, 0.1) is 0 Å². The smallest absolute Gasteiger partial charge is 0.255 e. The van der Waals surface area contributed by atoms with Crippen molar-refractivity contribution < 1.29 is 14.3 Å². The maximum absolute atomic E-state index is 12.2. The zero-order valence-corrected chi connectivity index (χ0v) is 13.7. The van der Waals surface area contributed by atoms with Crippen molar-refractivity contribution in [2.45, 2.75) is 6.92 Å². The molecule has 116 valence electrons. The van der Waals surface area contributed by atoms with Gasteiger partial charge in [0, 0.05) is 11.3 Å². The van der Waals surface area contributed by atoms with Crippen LogP contribution in [0.3, 0.4) is 0 Å². The summed E-state index contributed by atoms with van der Waals surface area (Å²) in [4.78, 5) is 12.2. The fourth-order valence-electron chi connectivity index (χ4n) is 1.86. The number of nitrogens with one attached hydrogen (secondary N) is 1. The van der Waals surface area contributed by atoms with Crippen molar-refractivity contribution >= 4 is 34.8 Å². The van der Waals surface area contributed by atoms with E-state index in [4.69, 9.17) is 32.7 Å². The number of carbonyl (C=O) groups excluding carboxylic acids is 1. The minimum Gasteiger partial charge on any atom is -0.495 e. The third-order valence-electron chi connectivity index (χ3n) is 2.90. The number of anilines is 1. The lowest BCUT2D eigenvalue weighted by Crippen LogP contribution is -2.12. The first-order valence-electron chi connectivity index (χ1n) is 6.62. The molecule has 0 atom stereocenters. The molecule has 0 aliphatic carbocycles. The van der Waals surface area contributed by atoms with Crippen molar-refractivity contribution in [1.29, 1.82) is 0 Å². The Bertz CT molecular complexity index is 689. The second kappa shape index (κ2) is 7.38. The highest BCUT2D eigenvalue weighted by Gasteiger charge is 2.11. The Balaban J connectivity index is 2.15. The molecule has 0 heterocycles. The van der Waals surface area contributed by atoms with E-state index in [0.717, 1.165) is 0 Å². The Morgan fingerprint density at radius 3 is 2.36 bits per heavy atom. The molecule has 22 heavy (non-hydrogen) atoms. The minimum atomic E-state index is -0.286. The van der Waals surface area contributed by atoms with Crippen LogP contribution in [0.4, 0.5) is 5.69 Å². The van der Waals surface area contributed by atoms with Crippen LogP contribution in [0.15, 0.2) is 36.4 Å². The van der Waals surface area contributed by atoms with Crippen LogP contribution >= 0.6 is 23.2 Å². The lowest BCUT2D eigenvalue weighted by molar-refractivity contribution is 0.102. The Morgan fingerprint density at radius 2 is 1.77 bits per heavy atom. The Kier molecular flexibility index (Phi) is 5.52. The predicted molar refractivity (Wildman–Crippen MR) is 88.6 cm³/mol. The highest BCUT2D eigenvalue weighted by molar-refractivity contribution is 6.33. The highest BCUT2D eigenvalue weighted by atomic mass is 35.5. The van der Waals surface area contributed by atoms with Gasteiger partial charge in [0.1, 0.15) is 11.5 Å². The Labute approximate surface area is 138 Å². The van der Waals surface area contributed by atoms with Crippen LogP contribution in [0.25, 0.3) is 0 Å². The molecule has 0 aliphatic heterocycles. The van der Waals surface area contributed by atoms with Crippen LogP contribution in [-0.4, -0.2) is 19.6 Å². The summed E-state index contributed by atoms with van der Waals surface area (Å²) in [5, 5.41) is 3.56. The van der Waals surface area contributed by atoms with Gasteiger partial charge in [-0.2, -0.15) is 0 Å². The molecule has 2 rings (SSSR count). The summed E-state index contributed by atoms with van der Waals surface area (Å²) < 4.78 is 10.4. The Hall–Kier alpha value is -1.91. The fourth-order valence-corrected chi connectivity index (χ4v) is 2.35. The maximum atomic E-state index is 12.2. The number of hydrogen-bond acceptors (Lipinski definition) is 3. The lowest BCUT2D eigenvalue weighted by atomic mass is 10.2. The largest absolute Gasteiger partial charge is 0.495 e. The van der Waals surface area contributed by atoms with Crippen LogP contribution in [0.2, 0.25) is 10.0 Å². The van der Waals surface area contributed by atoms with Crippen LogP contribution in [0.1, 0.15) is 17.3 Å². The van der Waals surface area contributed by atoms with Crippen molar-refractivity contribution in [3.63, 3.8) is 0 Å². The first kappa shape index (κ1) is 16.5. The molecule has 1 N–H and O–H groups in total. The van der Waals surface area contributed by atoms with Gasteiger partial charge in [-0.05, 0) is 43.3 Å². The first-order valence-corrected chi connectivity index (χ1v) is 7.38. The second-order valence-electron chi connectivity index (χ2n) is 4.38. The number of ether oxygens (including phenoxy) is 2. The second-order valence-corrected chi connectivity index (χ2v) is 5.20. The van der Waals surface area contributed by atoms with Crippen molar-refractivity contribution in [2.75, 3.05) is 19.0 Å². The summed E-state index contributed by atoms with van der Waals surface area (Å²) in [7, 11) is 1.53. The normalized spacial score (nSPS) is 10.2. The number of methoxy groups -OCH3 is 1. The van der Waals surface area contributed by atoms with Gasteiger partial charge in [0.25, 0.3) is 5.91 Å². The molecule has 0 bridgehead atoms. The van der Waals surface area contributed by atoms with Crippen molar-refractivity contribution in [2.24, 2.45) is 0 Å². The molecular weight excluding hydrogens is 325 g/mol. The molecule has 6 heteroatoms. The van der Waals surface area contributed by atoms with E-state index in [1.807, 2.05) is 6.92 Å². The van der Waals surface area contributed by atoms with E-state index in [1.165, 1.54) is 7.11 Å². The highest BCUT2D eigenvalue weighted by Crippen LogP contribution is 2.28. The standard InChI is InChI=1S/C16H15Cl2NO3/c1-3-22-15-6-4-10(8-12(15)17)16(20)19-11-5-7-14(21-2)13(18)9-11/h4-9H,3H2,1-2H3,(H,19,20). The summed E-state index contributed by atoms with van der Waals surface area (Å²) >= 11 is 12.1. The zero-order chi connectivity index (χ0) is 16.1. The average molecular weight is 340 g/mol. The quantitative estimate of drug-likeness (QED) is 0.862. The van der Waals surface area contributed by atoms with E-state index >= 15 is 0 Å². The van der Waals surface area contributed by atoms with E-state index in [0.29, 0.717) is 39.4 Å². The van der Waals surface area contributed by atoms with E-state index in [-0.39, 0.29) is 5.91 Å². The number of halogens is 2. The summed E-state index contributed by atoms with van der Waals surface area (Å²) in [5.74, 6) is 0.808. The molecule has 2 aromatic carbocycles. The summed E-state index contributed by atoms with van der Waals surface area (Å²) in [6.45, 7) is 2.37. The van der Waals surface area contributed by atoms with Gasteiger partial charge in [-0.25, -0.2) is 0 Å². The molecule has 0 aliphatic rings. The van der Waals surface area contributed by atoms with Gasteiger partial charge < -0.3 is 14.8 Å². The molecule has 0 unspecified atom stereocenters. The molecule has 0 radical (unpaired) electrons. The molecule has 1 amide bonds. The van der Waals surface area contributed by atoms with Gasteiger partial charge in [-0.15, -0.1) is 0 Å². The van der Waals surface area contributed by atoms with Crippen molar-refractivity contribution in [3.05, 3.63) is 52.0 Å². The van der Waals surface area contributed by atoms with E-state index in [1.54, 1.807) is 36.4 Å². The molecule has 4 nitrogen and oxygen atoms in total. The number of benzene rings is 2. The molecule has 0 fully saturated rings. The van der Waals surface area contributed by atoms with Gasteiger partial charge in [0.15, 0.2) is 0 Å². The molecule has 0 saturated carbocycles. The Morgan fingerprint density at radius 1 is 1.09 bits per heavy atom. The van der Waals surface area contributed by atoms with Gasteiger partial charge >= 0.3 is 0 Å². The van der Waals surface area contributed by atoms with E-state index in [9.17, 15) is 4.79 Å². The summed E-state index contributed by atoms with van der Waals surface area (Å²) in [5.41, 5.74) is 1.00. The SMILES string of the molecule is CCOc1ccc(C(=O)Nc2ccc(OC)c(Cl)c2)cc1Cl. The minimum absolute atomic E-state index is 0.286. The molecule has 0 aromatic heterocycles. The third-order valence-corrected chi connectivity index (χ3v) is 3.49. The monoisotopic (exact) mass is 339 g/mol. The summed E-state index contributed by atoms with van der Waals surface area (Å²) in [6.07, 6.45) is 0. The van der Waals surface area contributed by atoms with Gasteiger partial charge in [-0.1, -0.05) is 23.2 Å². The molecule has 0 spiro atoms. The van der Waals surface area contributed by atoms with Gasteiger partial charge in [0.2, 0.25) is 0 Å². The zero-order valence-electron chi connectivity index (χ0n) is 12.2. The number of hydrogen-bond donors (Lipinski definition) is 1. The molecule has 0 saturated heterocycles. The van der Waals surface area contributed by atoms with Crippen LogP contribution in [0.5, 0.6) is 11.5 Å². The average Bonchev–Trinajstić information content (AvgIpc) is 2.49. The van der Waals surface area contributed by atoms with Crippen molar-refractivity contribution in [1.82, 2.24) is 0 Å².